The maximum atomic E-state index is 5.57. The van der Waals surface area contributed by atoms with Gasteiger partial charge in [-0.05, 0) is 42.2 Å². The molecule has 1 unspecified atom stereocenters. The molecule has 1 aromatic rings. The Bertz CT molecular complexity index is 224. The largest absolute Gasteiger partial charge is 0.325 e. The van der Waals surface area contributed by atoms with Gasteiger partial charge in [0.25, 0.3) is 0 Å². The molecule has 1 atom stereocenters. The fourth-order valence-electron chi connectivity index (χ4n) is 0.996. The predicted molar refractivity (Wildman–Crippen MR) is 55.4 cm³/mol. The van der Waals surface area contributed by atoms with E-state index >= 15 is 0 Å². The highest BCUT2D eigenvalue weighted by Gasteiger charge is 1.90. The lowest BCUT2D eigenvalue weighted by atomic mass is 10.2. The van der Waals surface area contributed by atoms with Crippen LogP contribution in [0.1, 0.15) is 18.9 Å². The van der Waals surface area contributed by atoms with E-state index in [4.69, 9.17) is 5.73 Å². The third kappa shape index (κ3) is 3.69. The summed E-state index contributed by atoms with van der Waals surface area (Å²) in [5, 5.41) is 4.31. The van der Waals surface area contributed by atoms with E-state index in [1.165, 1.54) is 5.56 Å². The van der Waals surface area contributed by atoms with Crippen molar-refractivity contribution in [2.75, 3.05) is 0 Å². The lowest BCUT2D eigenvalue weighted by Gasteiger charge is -1.94. The SMILES string of the molecule is CC(N)/C=C/CCc1ccsc1. The molecule has 0 radical (unpaired) electrons. The van der Waals surface area contributed by atoms with E-state index in [9.17, 15) is 0 Å². The lowest BCUT2D eigenvalue weighted by molar-refractivity contribution is 0.907. The Morgan fingerprint density at radius 3 is 3.08 bits per heavy atom. The van der Waals surface area contributed by atoms with Gasteiger partial charge in [0.2, 0.25) is 0 Å². The van der Waals surface area contributed by atoms with Gasteiger partial charge in [0.05, 0.1) is 0 Å². The molecular weight excluding hydrogens is 166 g/mol. The number of hydrogen-bond donors (Lipinski definition) is 1. The van der Waals surface area contributed by atoms with Crippen LogP contribution in [-0.4, -0.2) is 6.04 Å². The third-order valence-electron chi connectivity index (χ3n) is 1.62. The monoisotopic (exact) mass is 181 g/mol. The van der Waals surface area contributed by atoms with E-state index in [1.54, 1.807) is 11.3 Å². The molecule has 0 aromatic carbocycles. The smallest absolute Gasteiger partial charge is 0.0194 e. The molecule has 0 aliphatic rings. The first kappa shape index (κ1) is 9.49. The maximum Gasteiger partial charge on any atom is 0.0194 e. The molecule has 1 rings (SSSR count). The molecule has 0 spiro atoms. The zero-order valence-corrected chi connectivity index (χ0v) is 8.18. The first-order chi connectivity index (χ1) is 5.79. The zero-order chi connectivity index (χ0) is 8.81. The summed E-state index contributed by atoms with van der Waals surface area (Å²) in [5.74, 6) is 0. The van der Waals surface area contributed by atoms with E-state index in [0.717, 1.165) is 12.8 Å². The van der Waals surface area contributed by atoms with Crippen LogP contribution in [0.3, 0.4) is 0 Å². The van der Waals surface area contributed by atoms with E-state index in [2.05, 4.69) is 22.9 Å². The Hall–Kier alpha value is -0.600. The Labute approximate surface area is 77.9 Å². The summed E-state index contributed by atoms with van der Waals surface area (Å²) in [6.45, 7) is 1.99. The first-order valence-corrected chi connectivity index (χ1v) is 5.16. The van der Waals surface area contributed by atoms with Crippen molar-refractivity contribution >= 4 is 11.3 Å². The van der Waals surface area contributed by atoms with Crippen molar-refractivity contribution < 1.29 is 0 Å². The highest BCUT2D eigenvalue weighted by Crippen LogP contribution is 2.08. The molecule has 1 aromatic heterocycles. The number of rotatable bonds is 4. The summed E-state index contributed by atoms with van der Waals surface area (Å²) >= 11 is 1.76. The van der Waals surface area contributed by atoms with Gasteiger partial charge in [0, 0.05) is 6.04 Å². The summed E-state index contributed by atoms with van der Waals surface area (Å²) in [5.41, 5.74) is 6.99. The molecular formula is C10H15NS. The van der Waals surface area contributed by atoms with Crippen LogP contribution in [0.5, 0.6) is 0 Å². The number of nitrogens with two attached hydrogens (primary N) is 1. The number of hydrogen-bond acceptors (Lipinski definition) is 2. The van der Waals surface area contributed by atoms with Gasteiger partial charge in [0.15, 0.2) is 0 Å². The maximum absolute atomic E-state index is 5.57. The highest BCUT2D eigenvalue weighted by molar-refractivity contribution is 7.07. The Morgan fingerprint density at radius 2 is 2.50 bits per heavy atom. The van der Waals surface area contributed by atoms with Gasteiger partial charge in [-0.15, -0.1) is 0 Å². The zero-order valence-electron chi connectivity index (χ0n) is 7.36. The van der Waals surface area contributed by atoms with Crippen LogP contribution >= 0.6 is 11.3 Å². The topological polar surface area (TPSA) is 26.0 Å². The second-order valence-electron chi connectivity index (χ2n) is 2.96. The van der Waals surface area contributed by atoms with Crippen molar-refractivity contribution in [2.24, 2.45) is 5.73 Å². The number of allylic oxidation sites excluding steroid dienone is 1. The summed E-state index contributed by atoms with van der Waals surface area (Å²) in [4.78, 5) is 0. The Balaban J connectivity index is 2.19. The van der Waals surface area contributed by atoms with E-state index < -0.39 is 0 Å². The van der Waals surface area contributed by atoms with Crippen LogP contribution in [-0.2, 0) is 6.42 Å². The first-order valence-electron chi connectivity index (χ1n) is 4.22. The lowest BCUT2D eigenvalue weighted by Crippen LogP contribution is -2.10. The fraction of sp³-hybridized carbons (Fsp3) is 0.400. The second kappa shape index (κ2) is 5.12. The average Bonchev–Trinajstić information content (AvgIpc) is 2.49. The van der Waals surface area contributed by atoms with Gasteiger partial charge in [-0.2, -0.15) is 11.3 Å². The molecule has 1 nitrogen and oxygen atoms in total. The molecule has 0 aliphatic heterocycles. The minimum atomic E-state index is 0.187. The minimum absolute atomic E-state index is 0.187. The second-order valence-corrected chi connectivity index (χ2v) is 3.74. The van der Waals surface area contributed by atoms with Crippen molar-refractivity contribution in [3.8, 4) is 0 Å². The van der Waals surface area contributed by atoms with Gasteiger partial charge < -0.3 is 5.73 Å². The van der Waals surface area contributed by atoms with Crippen LogP contribution in [0.15, 0.2) is 29.0 Å². The third-order valence-corrected chi connectivity index (χ3v) is 2.35. The average molecular weight is 181 g/mol. The van der Waals surface area contributed by atoms with Crippen LogP contribution in [0, 0.1) is 0 Å². The molecule has 0 aliphatic carbocycles. The summed E-state index contributed by atoms with van der Waals surface area (Å²) in [6.07, 6.45) is 6.43. The summed E-state index contributed by atoms with van der Waals surface area (Å²) in [6, 6.07) is 2.36. The van der Waals surface area contributed by atoms with Gasteiger partial charge >= 0.3 is 0 Å². The molecule has 12 heavy (non-hydrogen) atoms. The standard InChI is InChI=1S/C10H15NS/c1-9(11)4-2-3-5-10-6-7-12-8-10/h2,4,6-9H,3,5,11H2,1H3/b4-2+. The normalized spacial score (nSPS) is 13.8. The van der Waals surface area contributed by atoms with Crippen LogP contribution in [0.25, 0.3) is 0 Å². The Kier molecular flexibility index (Phi) is 4.05. The number of thiophene rings is 1. The van der Waals surface area contributed by atoms with Crippen LogP contribution in [0.2, 0.25) is 0 Å². The van der Waals surface area contributed by atoms with E-state index in [0.29, 0.717) is 0 Å². The molecule has 2 N–H and O–H groups in total. The van der Waals surface area contributed by atoms with E-state index in [1.807, 2.05) is 13.0 Å². The minimum Gasteiger partial charge on any atom is -0.325 e. The van der Waals surface area contributed by atoms with E-state index in [-0.39, 0.29) is 6.04 Å². The van der Waals surface area contributed by atoms with Gasteiger partial charge in [-0.25, -0.2) is 0 Å². The molecule has 0 saturated heterocycles. The van der Waals surface area contributed by atoms with Gasteiger partial charge in [0.1, 0.15) is 0 Å². The summed E-state index contributed by atoms with van der Waals surface area (Å²) < 4.78 is 0. The quantitative estimate of drug-likeness (QED) is 0.710. The highest BCUT2D eigenvalue weighted by atomic mass is 32.1. The van der Waals surface area contributed by atoms with Crippen molar-refractivity contribution in [3.05, 3.63) is 34.5 Å². The van der Waals surface area contributed by atoms with Gasteiger partial charge in [-0.1, -0.05) is 12.2 Å². The van der Waals surface area contributed by atoms with Crippen LogP contribution in [0.4, 0.5) is 0 Å². The fourth-order valence-corrected chi connectivity index (χ4v) is 1.70. The molecule has 0 saturated carbocycles. The predicted octanol–water partition coefficient (Wildman–Crippen LogP) is 2.58. The number of aryl methyl sites for hydroxylation is 1. The molecule has 2 heteroatoms. The molecule has 0 bridgehead atoms. The molecule has 0 amide bonds. The van der Waals surface area contributed by atoms with Crippen molar-refractivity contribution in [1.29, 1.82) is 0 Å². The molecule has 0 fully saturated rings. The molecule has 1 heterocycles. The van der Waals surface area contributed by atoms with Crippen LogP contribution < -0.4 is 5.73 Å². The van der Waals surface area contributed by atoms with Gasteiger partial charge in [-0.3, -0.25) is 0 Å². The Morgan fingerprint density at radius 1 is 1.67 bits per heavy atom. The van der Waals surface area contributed by atoms with Crippen molar-refractivity contribution in [1.82, 2.24) is 0 Å². The summed E-state index contributed by atoms with van der Waals surface area (Å²) in [7, 11) is 0. The molecule has 66 valence electrons. The van der Waals surface area contributed by atoms with Crippen molar-refractivity contribution in [3.63, 3.8) is 0 Å². The van der Waals surface area contributed by atoms with Crippen molar-refractivity contribution in [2.45, 2.75) is 25.8 Å².